The zero-order valence-corrected chi connectivity index (χ0v) is 13.0. The Morgan fingerprint density at radius 1 is 1.32 bits per heavy atom. The molecule has 22 heavy (non-hydrogen) atoms. The maximum Gasteiger partial charge on any atom is 0.240 e. The Bertz CT molecular complexity index is 707. The van der Waals surface area contributed by atoms with Gasteiger partial charge in [0, 0.05) is 18.8 Å². The Morgan fingerprint density at radius 2 is 2.05 bits per heavy atom. The standard InChI is InChI=1S/C14H18N4O3S/c1-21-13-2-4-14(5-3-13)22(19,20)16-12-8-11(9-12)10-18-7-6-15-17-18/h2-7,11-12,16H,8-10H2,1H3. The summed E-state index contributed by atoms with van der Waals surface area (Å²) in [6, 6.07) is 6.37. The fourth-order valence-corrected chi connectivity index (χ4v) is 3.88. The van der Waals surface area contributed by atoms with Gasteiger partial charge in [-0.25, -0.2) is 13.1 Å². The Hall–Kier alpha value is -1.93. The summed E-state index contributed by atoms with van der Waals surface area (Å²) in [6.45, 7) is 0.779. The van der Waals surface area contributed by atoms with Crippen molar-refractivity contribution in [2.75, 3.05) is 7.11 Å². The van der Waals surface area contributed by atoms with Crippen LogP contribution in [0.1, 0.15) is 12.8 Å². The van der Waals surface area contributed by atoms with Gasteiger partial charge >= 0.3 is 0 Å². The molecule has 7 nitrogen and oxygen atoms in total. The smallest absolute Gasteiger partial charge is 0.240 e. The zero-order chi connectivity index (χ0) is 15.6. The van der Waals surface area contributed by atoms with Crippen LogP contribution < -0.4 is 9.46 Å². The van der Waals surface area contributed by atoms with Crippen molar-refractivity contribution in [2.24, 2.45) is 5.92 Å². The number of hydrogen-bond acceptors (Lipinski definition) is 5. The minimum atomic E-state index is -3.47. The second-order valence-corrected chi connectivity index (χ2v) is 7.17. The van der Waals surface area contributed by atoms with Gasteiger partial charge in [-0.05, 0) is 43.0 Å². The summed E-state index contributed by atoms with van der Waals surface area (Å²) in [5.74, 6) is 1.07. The van der Waals surface area contributed by atoms with Crippen LogP contribution in [-0.4, -0.2) is 36.6 Å². The minimum Gasteiger partial charge on any atom is -0.497 e. The topological polar surface area (TPSA) is 86.1 Å². The molecule has 1 N–H and O–H groups in total. The highest BCUT2D eigenvalue weighted by molar-refractivity contribution is 7.89. The van der Waals surface area contributed by atoms with Crippen molar-refractivity contribution in [3.8, 4) is 5.75 Å². The summed E-state index contributed by atoms with van der Waals surface area (Å²) in [5, 5.41) is 7.67. The van der Waals surface area contributed by atoms with Crippen LogP contribution in [0.3, 0.4) is 0 Å². The van der Waals surface area contributed by atoms with Crippen LogP contribution in [0.15, 0.2) is 41.6 Å². The molecule has 0 bridgehead atoms. The normalized spacial score (nSPS) is 21.3. The number of ether oxygens (including phenoxy) is 1. The van der Waals surface area contributed by atoms with Crippen molar-refractivity contribution < 1.29 is 13.2 Å². The Kier molecular flexibility index (Phi) is 4.12. The Morgan fingerprint density at radius 3 is 2.64 bits per heavy atom. The fourth-order valence-electron chi connectivity index (χ4n) is 2.62. The van der Waals surface area contributed by atoms with Gasteiger partial charge in [0.25, 0.3) is 0 Å². The number of rotatable bonds is 6. The molecule has 1 saturated carbocycles. The van der Waals surface area contributed by atoms with E-state index in [9.17, 15) is 8.42 Å². The molecule has 0 aliphatic heterocycles. The number of aromatic nitrogens is 3. The molecule has 118 valence electrons. The molecule has 0 spiro atoms. The molecule has 1 aliphatic rings. The highest BCUT2D eigenvalue weighted by Gasteiger charge is 2.33. The van der Waals surface area contributed by atoms with Gasteiger partial charge in [-0.15, -0.1) is 5.10 Å². The lowest BCUT2D eigenvalue weighted by Crippen LogP contribution is -2.45. The van der Waals surface area contributed by atoms with Gasteiger partial charge in [0.05, 0.1) is 18.2 Å². The Labute approximate surface area is 129 Å². The molecular weight excluding hydrogens is 304 g/mol. The first kappa shape index (κ1) is 15.0. The van der Waals surface area contributed by atoms with E-state index in [1.165, 1.54) is 0 Å². The van der Waals surface area contributed by atoms with Crippen molar-refractivity contribution in [3.05, 3.63) is 36.7 Å². The summed E-state index contributed by atoms with van der Waals surface area (Å²) in [7, 11) is -1.92. The summed E-state index contributed by atoms with van der Waals surface area (Å²) in [6.07, 6.45) is 5.09. The van der Waals surface area contributed by atoms with E-state index in [1.54, 1.807) is 42.3 Å². The SMILES string of the molecule is COc1ccc(S(=O)(=O)NC2CC(Cn3ccnn3)C2)cc1. The molecule has 0 amide bonds. The second-order valence-electron chi connectivity index (χ2n) is 5.46. The zero-order valence-electron chi connectivity index (χ0n) is 12.2. The lowest BCUT2D eigenvalue weighted by molar-refractivity contribution is 0.212. The van der Waals surface area contributed by atoms with Crippen LogP contribution in [0.5, 0.6) is 5.75 Å². The highest BCUT2D eigenvalue weighted by Crippen LogP contribution is 2.30. The predicted octanol–water partition coefficient (Wildman–Crippen LogP) is 1.04. The third-order valence-electron chi connectivity index (χ3n) is 3.84. The quantitative estimate of drug-likeness (QED) is 0.859. The maximum atomic E-state index is 12.3. The molecule has 1 aromatic heterocycles. The van der Waals surface area contributed by atoms with Crippen LogP contribution in [0.25, 0.3) is 0 Å². The van der Waals surface area contributed by atoms with Crippen molar-refractivity contribution in [3.63, 3.8) is 0 Å². The molecule has 1 aromatic carbocycles. The summed E-state index contributed by atoms with van der Waals surface area (Å²) in [5.41, 5.74) is 0. The van der Waals surface area contributed by atoms with Gasteiger partial charge in [-0.3, -0.25) is 4.68 Å². The fraction of sp³-hybridized carbons (Fsp3) is 0.429. The minimum absolute atomic E-state index is 0.0133. The lowest BCUT2D eigenvalue weighted by Gasteiger charge is -2.35. The number of benzene rings is 1. The molecule has 0 atom stereocenters. The maximum absolute atomic E-state index is 12.3. The number of nitrogens with one attached hydrogen (secondary N) is 1. The number of sulfonamides is 1. The van der Waals surface area contributed by atoms with E-state index in [1.807, 2.05) is 6.20 Å². The lowest BCUT2D eigenvalue weighted by atomic mass is 9.81. The van der Waals surface area contributed by atoms with Gasteiger partial charge in [0.1, 0.15) is 5.75 Å². The van der Waals surface area contributed by atoms with E-state index in [0.717, 1.165) is 19.4 Å². The molecule has 1 fully saturated rings. The summed E-state index contributed by atoms with van der Waals surface area (Å²) < 4.78 is 34.1. The van der Waals surface area contributed by atoms with Crippen molar-refractivity contribution in [1.29, 1.82) is 0 Å². The molecule has 0 radical (unpaired) electrons. The largest absolute Gasteiger partial charge is 0.497 e. The number of hydrogen-bond donors (Lipinski definition) is 1. The predicted molar refractivity (Wildman–Crippen MR) is 79.8 cm³/mol. The van der Waals surface area contributed by atoms with Gasteiger partial charge in [-0.2, -0.15) is 0 Å². The molecule has 1 aliphatic carbocycles. The molecule has 2 aromatic rings. The first-order valence-electron chi connectivity index (χ1n) is 7.07. The molecule has 0 saturated heterocycles. The molecule has 8 heteroatoms. The second kappa shape index (κ2) is 6.05. The van der Waals surface area contributed by atoms with E-state index in [4.69, 9.17) is 4.74 Å². The van der Waals surface area contributed by atoms with Crippen molar-refractivity contribution in [2.45, 2.75) is 30.3 Å². The Balaban J connectivity index is 1.54. The van der Waals surface area contributed by atoms with Crippen LogP contribution in [0.2, 0.25) is 0 Å². The number of nitrogens with zero attached hydrogens (tertiary/aromatic N) is 3. The van der Waals surface area contributed by atoms with E-state index in [-0.39, 0.29) is 10.9 Å². The van der Waals surface area contributed by atoms with Crippen molar-refractivity contribution >= 4 is 10.0 Å². The van der Waals surface area contributed by atoms with E-state index < -0.39 is 10.0 Å². The first-order valence-corrected chi connectivity index (χ1v) is 8.55. The van der Waals surface area contributed by atoms with Gasteiger partial charge in [0.2, 0.25) is 10.0 Å². The molecule has 0 unspecified atom stereocenters. The van der Waals surface area contributed by atoms with Crippen LogP contribution in [0.4, 0.5) is 0 Å². The average molecular weight is 322 g/mol. The molecule has 3 rings (SSSR count). The highest BCUT2D eigenvalue weighted by atomic mass is 32.2. The van der Waals surface area contributed by atoms with Gasteiger partial charge < -0.3 is 4.74 Å². The number of methoxy groups -OCH3 is 1. The van der Waals surface area contributed by atoms with Gasteiger partial charge in [-0.1, -0.05) is 5.21 Å². The monoisotopic (exact) mass is 322 g/mol. The third-order valence-corrected chi connectivity index (χ3v) is 5.38. The third kappa shape index (κ3) is 3.28. The van der Waals surface area contributed by atoms with E-state index in [0.29, 0.717) is 11.7 Å². The average Bonchev–Trinajstić information content (AvgIpc) is 2.98. The van der Waals surface area contributed by atoms with Crippen LogP contribution in [0, 0.1) is 5.92 Å². The molecular formula is C14H18N4O3S. The van der Waals surface area contributed by atoms with E-state index >= 15 is 0 Å². The summed E-state index contributed by atoms with van der Waals surface area (Å²) in [4.78, 5) is 0.257. The summed E-state index contributed by atoms with van der Waals surface area (Å²) >= 11 is 0. The van der Waals surface area contributed by atoms with E-state index in [2.05, 4.69) is 15.0 Å². The molecule has 1 heterocycles. The van der Waals surface area contributed by atoms with Crippen molar-refractivity contribution in [1.82, 2.24) is 19.7 Å². The van der Waals surface area contributed by atoms with Crippen LogP contribution >= 0.6 is 0 Å². The first-order chi connectivity index (χ1) is 10.6. The van der Waals surface area contributed by atoms with Gasteiger partial charge in [0.15, 0.2) is 0 Å². The van der Waals surface area contributed by atoms with Crippen LogP contribution in [-0.2, 0) is 16.6 Å².